The molecule has 1 heterocycles. The van der Waals surface area contributed by atoms with Crippen molar-refractivity contribution in [2.24, 2.45) is 0 Å². The van der Waals surface area contributed by atoms with Crippen molar-refractivity contribution < 1.29 is 5.11 Å². The van der Waals surface area contributed by atoms with Crippen LogP contribution >= 0.6 is 0 Å². The van der Waals surface area contributed by atoms with E-state index in [0.717, 1.165) is 18.5 Å². The Morgan fingerprint density at radius 1 is 1.06 bits per heavy atom. The van der Waals surface area contributed by atoms with Gasteiger partial charge in [0, 0.05) is 18.5 Å². The summed E-state index contributed by atoms with van der Waals surface area (Å²) in [6.07, 6.45) is 3.62. The second kappa shape index (κ2) is 5.78. The maximum absolute atomic E-state index is 8.82. The van der Waals surface area contributed by atoms with Gasteiger partial charge in [-0.2, -0.15) is 0 Å². The predicted molar refractivity (Wildman–Crippen MR) is 74.6 cm³/mol. The van der Waals surface area contributed by atoms with E-state index < -0.39 is 0 Å². The summed E-state index contributed by atoms with van der Waals surface area (Å²) in [5.41, 5.74) is 6.07. The molecule has 0 bridgehead atoms. The number of benzene rings is 1. The quantitative estimate of drug-likeness (QED) is 0.891. The molecule has 0 aliphatic rings. The normalized spacial score (nSPS) is 10.6. The van der Waals surface area contributed by atoms with E-state index in [-0.39, 0.29) is 6.61 Å². The van der Waals surface area contributed by atoms with E-state index in [0.29, 0.717) is 0 Å². The number of hydrogen-bond donors (Lipinski definition) is 1. The van der Waals surface area contributed by atoms with Crippen molar-refractivity contribution in [3.05, 3.63) is 53.3 Å². The van der Waals surface area contributed by atoms with Gasteiger partial charge in [0.15, 0.2) is 0 Å². The monoisotopic (exact) mass is 241 g/mol. The molecule has 0 saturated carbocycles. The molecule has 2 heteroatoms. The summed E-state index contributed by atoms with van der Waals surface area (Å²) < 4.78 is 0. The minimum Gasteiger partial charge on any atom is -0.396 e. The third kappa shape index (κ3) is 2.77. The van der Waals surface area contributed by atoms with Crippen LogP contribution in [0, 0.1) is 13.8 Å². The number of nitrogens with zero attached hydrogens (tertiary/aromatic N) is 1. The van der Waals surface area contributed by atoms with Crippen molar-refractivity contribution in [1.29, 1.82) is 0 Å². The Morgan fingerprint density at radius 2 is 1.78 bits per heavy atom. The van der Waals surface area contributed by atoms with Crippen LogP contribution in [0.15, 0.2) is 36.5 Å². The summed E-state index contributed by atoms with van der Waals surface area (Å²) >= 11 is 0. The molecule has 18 heavy (non-hydrogen) atoms. The molecule has 0 spiro atoms. The summed E-state index contributed by atoms with van der Waals surface area (Å²) in [6, 6.07) is 10.6. The fourth-order valence-electron chi connectivity index (χ4n) is 2.09. The number of hydrogen-bond acceptors (Lipinski definition) is 2. The molecule has 0 aliphatic heterocycles. The average Bonchev–Trinajstić information content (AvgIpc) is 2.40. The zero-order valence-electron chi connectivity index (χ0n) is 11.0. The van der Waals surface area contributed by atoms with E-state index in [9.17, 15) is 0 Å². The van der Waals surface area contributed by atoms with E-state index >= 15 is 0 Å². The van der Waals surface area contributed by atoms with Crippen LogP contribution in [-0.2, 0) is 6.42 Å². The minimum atomic E-state index is 0.254. The van der Waals surface area contributed by atoms with Gasteiger partial charge in [0.1, 0.15) is 0 Å². The highest BCUT2D eigenvalue weighted by Crippen LogP contribution is 2.24. The van der Waals surface area contributed by atoms with Gasteiger partial charge in [-0.25, -0.2) is 0 Å². The molecule has 0 amide bonds. The molecule has 0 unspecified atom stereocenters. The maximum atomic E-state index is 8.82. The molecule has 0 aliphatic carbocycles. The fourth-order valence-corrected chi connectivity index (χ4v) is 2.09. The first-order valence-electron chi connectivity index (χ1n) is 6.34. The number of aromatic nitrogens is 1. The second-order valence-electron chi connectivity index (χ2n) is 4.59. The molecular weight excluding hydrogens is 222 g/mol. The Bertz CT molecular complexity index is 517. The zero-order valence-corrected chi connectivity index (χ0v) is 11.0. The topological polar surface area (TPSA) is 33.1 Å². The van der Waals surface area contributed by atoms with Crippen molar-refractivity contribution in [1.82, 2.24) is 4.98 Å². The minimum absolute atomic E-state index is 0.254. The lowest BCUT2D eigenvalue weighted by atomic mass is 9.98. The number of aliphatic hydroxyl groups is 1. The molecule has 94 valence electrons. The van der Waals surface area contributed by atoms with Gasteiger partial charge in [-0.05, 0) is 55.0 Å². The molecule has 2 rings (SSSR count). The van der Waals surface area contributed by atoms with Crippen molar-refractivity contribution in [2.75, 3.05) is 6.61 Å². The molecular formula is C16H19NO. The van der Waals surface area contributed by atoms with Crippen LogP contribution in [0.3, 0.4) is 0 Å². The SMILES string of the molecule is Cc1nccc(-c2ccc(CCCO)cc2)c1C. The Kier molecular flexibility index (Phi) is 4.11. The van der Waals surface area contributed by atoms with Crippen LogP contribution in [0.25, 0.3) is 11.1 Å². The number of aryl methyl sites for hydroxylation is 2. The summed E-state index contributed by atoms with van der Waals surface area (Å²) in [7, 11) is 0. The molecule has 2 aromatic rings. The van der Waals surface area contributed by atoms with Gasteiger partial charge in [-0.3, -0.25) is 4.98 Å². The lowest BCUT2D eigenvalue weighted by Crippen LogP contribution is -1.92. The van der Waals surface area contributed by atoms with Crippen LogP contribution < -0.4 is 0 Å². The smallest absolute Gasteiger partial charge is 0.0434 e. The van der Waals surface area contributed by atoms with Gasteiger partial charge < -0.3 is 5.11 Å². The van der Waals surface area contributed by atoms with Crippen LogP contribution in [0.1, 0.15) is 23.2 Å². The summed E-state index contributed by atoms with van der Waals surface area (Å²) in [5, 5.41) is 8.82. The van der Waals surface area contributed by atoms with Gasteiger partial charge in [0.25, 0.3) is 0 Å². The average molecular weight is 241 g/mol. The number of rotatable bonds is 4. The molecule has 0 fully saturated rings. The summed E-state index contributed by atoms with van der Waals surface area (Å²) in [6.45, 7) is 4.40. The highest BCUT2D eigenvalue weighted by Gasteiger charge is 2.04. The maximum Gasteiger partial charge on any atom is 0.0434 e. The Hall–Kier alpha value is -1.67. The first-order chi connectivity index (χ1) is 8.72. The Morgan fingerprint density at radius 3 is 2.44 bits per heavy atom. The van der Waals surface area contributed by atoms with Crippen molar-refractivity contribution >= 4 is 0 Å². The second-order valence-corrected chi connectivity index (χ2v) is 4.59. The third-order valence-corrected chi connectivity index (χ3v) is 3.34. The van der Waals surface area contributed by atoms with E-state index in [2.05, 4.69) is 42.2 Å². The van der Waals surface area contributed by atoms with Gasteiger partial charge in [-0.15, -0.1) is 0 Å². The predicted octanol–water partition coefficient (Wildman–Crippen LogP) is 3.29. The lowest BCUT2D eigenvalue weighted by molar-refractivity contribution is 0.288. The molecule has 2 nitrogen and oxygen atoms in total. The fraction of sp³-hybridized carbons (Fsp3) is 0.312. The lowest BCUT2D eigenvalue weighted by Gasteiger charge is -2.09. The van der Waals surface area contributed by atoms with E-state index in [1.807, 2.05) is 13.1 Å². The first kappa shape index (κ1) is 12.8. The van der Waals surface area contributed by atoms with Crippen molar-refractivity contribution in [3.8, 4) is 11.1 Å². The van der Waals surface area contributed by atoms with E-state index in [4.69, 9.17) is 5.11 Å². The Labute approximate surface area is 108 Å². The highest BCUT2D eigenvalue weighted by molar-refractivity contribution is 5.67. The molecule has 1 N–H and O–H groups in total. The largest absolute Gasteiger partial charge is 0.396 e. The standard InChI is InChI=1S/C16H19NO/c1-12-13(2)17-10-9-16(12)15-7-5-14(6-8-15)4-3-11-18/h5-10,18H,3-4,11H2,1-2H3. The van der Waals surface area contributed by atoms with Gasteiger partial charge in [-0.1, -0.05) is 24.3 Å². The zero-order chi connectivity index (χ0) is 13.0. The number of pyridine rings is 1. The van der Waals surface area contributed by atoms with Crippen LogP contribution in [0.4, 0.5) is 0 Å². The van der Waals surface area contributed by atoms with Crippen molar-refractivity contribution in [3.63, 3.8) is 0 Å². The third-order valence-electron chi connectivity index (χ3n) is 3.34. The molecule has 1 aromatic carbocycles. The van der Waals surface area contributed by atoms with Crippen LogP contribution in [0.2, 0.25) is 0 Å². The number of aliphatic hydroxyl groups excluding tert-OH is 1. The molecule has 1 aromatic heterocycles. The van der Waals surface area contributed by atoms with Gasteiger partial charge >= 0.3 is 0 Å². The molecule has 0 radical (unpaired) electrons. The van der Waals surface area contributed by atoms with Gasteiger partial charge in [0.05, 0.1) is 0 Å². The van der Waals surface area contributed by atoms with E-state index in [1.165, 1.54) is 22.3 Å². The summed E-state index contributed by atoms with van der Waals surface area (Å²) in [4.78, 5) is 4.30. The van der Waals surface area contributed by atoms with E-state index in [1.54, 1.807) is 0 Å². The van der Waals surface area contributed by atoms with Crippen LogP contribution in [-0.4, -0.2) is 16.7 Å². The Balaban J connectivity index is 2.26. The van der Waals surface area contributed by atoms with Crippen LogP contribution in [0.5, 0.6) is 0 Å². The van der Waals surface area contributed by atoms with Gasteiger partial charge in [0.2, 0.25) is 0 Å². The summed E-state index contributed by atoms with van der Waals surface area (Å²) in [5.74, 6) is 0. The van der Waals surface area contributed by atoms with Crippen molar-refractivity contribution in [2.45, 2.75) is 26.7 Å². The molecule has 0 saturated heterocycles. The molecule has 0 atom stereocenters. The highest BCUT2D eigenvalue weighted by atomic mass is 16.2. The first-order valence-corrected chi connectivity index (χ1v) is 6.34.